The molecule has 1 aromatic rings. The molecule has 23 heavy (non-hydrogen) atoms. The van der Waals surface area contributed by atoms with E-state index in [0.29, 0.717) is 13.0 Å². The number of ether oxygens (including phenoxy) is 2. The molecule has 5 nitrogen and oxygen atoms in total. The van der Waals surface area contributed by atoms with Crippen molar-refractivity contribution in [3.63, 3.8) is 0 Å². The number of phenolic OH excluding ortho intramolecular Hbond substituents is 1. The Kier molecular flexibility index (Phi) is 6.33. The molecule has 0 saturated heterocycles. The second-order valence-electron chi connectivity index (χ2n) is 7.01. The highest BCUT2D eigenvalue weighted by molar-refractivity contribution is 5.91. The smallest absolute Gasteiger partial charge is 0.338 e. The number of rotatable bonds is 7. The van der Waals surface area contributed by atoms with Crippen molar-refractivity contribution < 1.29 is 24.2 Å². The zero-order valence-corrected chi connectivity index (χ0v) is 14.5. The van der Waals surface area contributed by atoms with Crippen LogP contribution in [0.25, 0.3) is 0 Å². The lowest BCUT2D eigenvalue weighted by Gasteiger charge is -2.33. The van der Waals surface area contributed by atoms with Gasteiger partial charge in [-0.1, -0.05) is 26.8 Å². The van der Waals surface area contributed by atoms with Gasteiger partial charge in [0.2, 0.25) is 0 Å². The van der Waals surface area contributed by atoms with Crippen molar-refractivity contribution in [1.29, 1.82) is 0 Å². The largest absolute Gasteiger partial charge is 0.508 e. The Hall–Kier alpha value is -1.88. The Bertz CT molecular complexity index is 559. The number of hydrogen-bond donors (Lipinski definition) is 1. The summed E-state index contributed by atoms with van der Waals surface area (Å²) < 4.78 is 10.4. The number of hydrogen-bond acceptors (Lipinski definition) is 5. The predicted octanol–water partition coefficient (Wildman–Crippen LogP) is 3.21. The lowest BCUT2D eigenvalue weighted by atomic mass is 9.72. The lowest BCUT2D eigenvalue weighted by molar-refractivity contribution is -0.139. The number of carbonyl (C=O) groups is 2. The van der Waals surface area contributed by atoms with Gasteiger partial charge < -0.3 is 14.6 Å². The van der Waals surface area contributed by atoms with Crippen LogP contribution in [0.15, 0.2) is 24.3 Å². The van der Waals surface area contributed by atoms with Crippen molar-refractivity contribution >= 4 is 11.8 Å². The Morgan fingerprint density at radius 1 is 1.17 bits per heavy atom. The van der Waals surface area contributed by atoms with E-state index in [1.165, 1.54) is 12.1 Å². The second-order valence-corrected chi connectivity index (χ2v) is 7.01. The van der Waals surface area contributed by atoms with Crippen molar-refractivity contribution in [3.8, 4) is 5.75 Å². The first-order chi connectivity index (χ1) is 10.6. The minimum absolute atomic E-state index is 0.00707. The van der Waals surface area contributed by atoms with E-state index in [1.54, 1.807) is 26.2 Å². The molecule has 5 heteroatoms. The lowest BCUT2D eigenvalue weighted by Crippen LogP contribution is -2.42. The van der Waals surface area contributed by atoms with Gasteiger partial charge in [-0.2, -0.15) is 0 Å². The quantitative estimate of drug-likeness (QED) is 0.780. The van der Waals surface area contributed by atoms with Crippen LogP contribution < -0.4 is 0 Å². The number of methoxy groups -OCH3 is 1. The zero-order chi connectivity index (χ0) is 17.7. The number of Topliss-reactive ketones (excluding diaryl/α,β-unsaturated/α-hetero) is 1. The van der Waals surface area contributed by atoms with Crippen LogP contribution in [0.2, 0.25) is 0 Å². The Morgan fingerprint density at radius 2 is 1.83 bits per heavy atom. The van der Waals surface area contributed by atoms with Crippen molar-refractivity contribution in [3.05, 3.63) is 29.8 Å². The maximum absolute atomic E-state index is 12.7. The fourth-order valence-corrected chi connectivity index (χ4v) is 2.42. The summed E-state index contributed by atoms with van der Waals surface area (Å²) in [6, 6.07) is 5.93. The summed E-state index contributed by atoms with van der Waals surface area (Å²) in [5.41, 5.74) is -1.11. The zero-order valence-electron chi connectivity index (χ0n) is 14.5. The van der Waals surface area contributed by atoms with Crippen molar-refractivity contribution in [2.75, 3.05) is 20.3 Å². The Labute approximate surface area is 137 Å². The van der Waals surface area contributed by atoms with Gasteiger partial charge in [-0.3, -0.25) is 4.79 Å². The van der Waals surface area contributed by atoms with Gasteiger partial charge in [-0.15, -0.1) is 0 Å². The van der Waals surface area contributed by atoms with E-state index in [2.05, 4.69) is 0 Å². The third kappa shape index (κ3) is 5.36. The number of phenols is 1. The molecule has 128 valence electrons. The molecule has 0 aliphatic rings. The Balaban J connectivity index is 2.85. The fraction of sp³-hybridized carbons (Fsp3) is 0.556. The van der Waals surface area contributed by atoms with E-state index in [0.717, 1.165) is 0 Å². The van der Waals surface area contributed by atoms with Gasteiger partial charge in [0, 0.05) is 19.1 Å². The van der Waals surface area contributed by atoms with Gasteiger partial charge in [0.25, 0.3) is 0 Å². The summed E-state index contributed by atoms with van der Waals surface area (Å²) in [4.78, 5) is 24.8. The first-order valence-electron chi connectivity index (χ1n) is 7.60. The molecule has 0 bridgehead atoms. The van der Waals surface area contributed by atoms with Gasteiger partial charge >= 0.3 is 5.97 Å². The van der Waals surface area contributed by atoms with Crippen molar-refractivity contribution in [2.45, 2.75) is 34.1 Å². The average Bonchev–Trinajstić information content (AvgIpc) is 2.49. The van der Waals surface area contributed by atoms with Crippen LogP contribution in [0, 0.1) is 10.8 Å². The van der Waals surface area contributed by atoms with Gasteiger partial charge in [-0.25, -0.2) is 4.79 Å². The van der Waals surface area contributed by atoms with Crippen molar-refractivity contribution in [1.82, 2.24) is 0 Å². The fourth-order valence-electron chi connectivity index (χ4n) is 2.42. The van der Waals surface area contributed by atoms with Crippen LogP contribution in [-0.4, -0.2) is 37.2 Å². The van der Waals surface area contributed by atoms with Crippen LogP contribution in [0.1, 0.15) is 44.5 Å². The summed E-state index contributed by atoms with van der Waals surface area (Å²) in [7, 11) is 1.57. The van der Waals surface area contributed by atoms with E-state index in [4.69, 9.17) is 9.47 Å². The predicted molar refractivity (Wildman–Crippen MR) is 87.5 cm³/mol. The molecular formula is C18H26O5. The highest BCUT2D eigenvalue weighted by Crippen LogP contribution is 2.33. The molecule has 0 aromatic heterocycles. The van der Waals surface area contributed by atoms with Crippen LogP contribution in [-0.2, 0) is 14.3 Å². The van der Waals surface area contributed by atoms with Gasteiger partial charge in [0.1, 0.15) is 18.1 Å². The molecule has 0 fully saturated rings. The Morgan fingerprint density at radius 3 is 2.35 bits per heavy atom. The summed E-state index contributed by atoms with van der Waals surface area (Å²) >= 11 is 0. The maximum atomic E-state index is 12.7. The first kappa shape index (κ1) is 19.2. The van der Waals surface area contributed by atoms with Gasteiger partial charge in [-0.05, 0) is 31.5 Å². The first-order valence-corrected chi connectivity index (χ1v) is 7.60. The van der Waals surface area contributed by atoms with E-state index in [1.807, 2.05) is 20.8 Å². The summed E-state index contributed by atoms with van der Waals surface area (Å²) in [6.07, 6.45) is 0.465. The highest BCUT2D eigenvalue weighted by Gasteiger charge is 2.40. The van der Waals surface area contributed by atoms with E-state index >= 15 is 0 Å². The number of carbonyl (C=O) groups excluding carboxylic acids is 2. The number of esters is 1. The average molecular weight is 322 g/mol. The molecule has 0 aliphatic heterocycles. The number of ketones is 1. The molecule has 0 radical (unpaired) electrons. The standard InChI is InChI=1S/C18H26O5/c1-17(2,3)16(21)18(4,9-10-22-5)12-23-15(20)13-7-6-8-14(19)11-13/h6-8,11,19H,9-10,12H2,1-5H3. The number of aromatic hydroxyl groups is 1. The number of benzene rings is 1. The second kappa shape index (κ2) is 7.59. The third-order valence-corrected chi connectivity index (χ3v) is 3.69. The topological polar surface area (TPSA) is 72.8 Å². The maximum Gasteiger partial charge on any atom is 0.338 e. The normalized spacial score (nSPS) is 14.1. The summed E-state index contributed by atoms with van der Waals surface area (Å²) in [5, 5.41) is 9.42. The molecule has 1 aromatic carbocycles. The minimum atomic E-state index is -0.819. The SMILES string of the molecule is COCCC(C)(COC(=O)c1cccc(O)c1)C(=O)C(C)(C)C. The van der Waals surface area contributed by atoms with Gasteiger partial charge in [0.15, 0.2) is 0 Å². The van der Waals surface area contributed by atoms with Crippen LogP contribution in [0.3, 0.4) is 0 Å². The molecule has 1 unspecified atom stereocenters. The van der Waals surface area contributed by atoms with Crippen LogP contribution in [0.5, 0.6) is 5.75 Å². The molecule has 1 rings (SSSR count). The van der Waals surface area contributed by atoms with E-state index < -0.39 is 16.8 Å². The van der Waals surface area contributed by atoms with E-state index in [9.17, 15) is 14.7 Å². The third-order valence-electron chi connectivity index (χ3n) is 3.69. The van der Waals surface area contributed by atoms with Crippen molar-refractivity contribution in [2.24, 2.45) is 10.8 Å². The molecular weight excluding hydrogens is 296 g/mol. The van der Waals surface area contributed by atoms with Crippen LogP contribution in [0.4, 0.5) is 0 Å². The van der Waals surface area contributed by atoms with E-state index in [-0.39, 0.29) is 23.7 Å². The highest BCUT2D eigenvalue weighted by atomic mass is 16.5. The monoisotopic (exact) mass is 322 g/mol. The minimum Gasteiger partial charge on any atom is -0.508 e. The molecule has 0 spiro atoms. The summed E-state index contributed by atoms with van der Waals surface area (Å²) in [6.45, 7) is 7.70. The molecule has 0 aliphatic carbocycles. The molecule has 1 atom stereocenters. The van der Waals surface area contributed by atoms with Crippen LogP contribution >= 0.6 is 0 Å². The van der Waals surface area contributed by atoms with Gasteiger partial charge in [0.05, 0.1) is 11.0 Å². The summed E-state index contributed by atoms with van der Waals surface area (Å²) in [5.74, 6) is -0.552. The molecule has 0 heterocycles. The molecule has 1 N–H and O–H groups in total. The molecule has 0 saturated carbocycles. The molecule has 0 amide bonds.